The summed E-state index contributed by atoms with van der Waals surface area (Å²) in [5.41, 5.74) is 0. The summed E-state index contributed by atoms with van der Waals surface area (Å²) in [4.78, 5) is 37.9. The van der Waals surface area contributed by atoms with E-state index >= 15 is 0 Å². The fourth-order valence-corrected chi connectivity index (χ4v) is 4.13. The van der Waals surface area contributed by atoms with Crippen LogP contribution >= 0.6 is 11.8 Å². The van der Waals surface area contributed by atoms with E-state index in [0.29, 0.717) is 25.1 Å². The topological polar surface area (TPSA) is 77.9 Å². The highest BCUT2D eigenvalue weighted by Crippen LogP contribution is 2.37. The highest BCUT2D eigenvalue weighted by Gasteiger charge is 2.52. The molecule has 2 amide bonds. The molecule has 3 saturated heterocycles. The van der Waals surface area contributed by atoms with Crippen molar-refractivity contribution in [2.45, 2.75) is 30.3 Å². The summed E-state index contributed by atoms with van der Waals surface area (Å²) in [5, 5.41) is 8.90. The number of carboxylic acids is 1. The number of rotatable bonds is 1. The minimum Gasteiger partial charge on any atom is -0.480 e. The van der Waals surface area contributed by atoms with E-state index in [1.165, 1.54) is 16.7 Å². The van der Waals surface area contributed by atoms with Crippen LogP contribution in [0.4, 0.5) is 0 Å². The first-order valence-corrected chi connectivity index (χ1v) is 6.60. The van der Waals surface area contributed by atoms with Crippen LogP contribution in [0.1, 0.15) is 12.8 Å². The van der Waals surface area contributed by atoms with Crippen LogP contribution < -0.4 is 0 Å². The minimum atomic E-state index is -0.953. The van der Waals surface area contributed by atoms with Crippen molar-refractivity contribution in [3.63, 3.8) is 0 Å². The van der Waals surface area contributed by atoms with Crippen LogP contribution in [0.25, 0.3) is 0 Å². The van der Waals surface area contributed by atoms with Gasteiger partial charge in [-0.25, -0.2) is 4.79 Å². The van der Waals surface area contributed by atoms with Crippen molar-refractivity contribution in [3.8, 4) is 0 Å². The predicted octanol–water partition coefficient (Wildman–Crippen LogP) is -0.654. The molecule has 92 valence electrons. The zero-order valence-corrected chi connectivity index (χ0v) is 9.85. The van der Waals surface area contributed by atoms with E-state index < -0.39 is 18.1 Å². The molecule has 3 aliphatic heterocycles. The van der Waals surface area contributed by atoms with Crippen molar-refractivity contribution < 1.29 is 19.5 Å². The molecular formula is C10H12N2O4S. The molecule has 0 aromatic carbocycles. The van der Waals surface area contributed by atoms with Gasteiger partial charge in [-0.2, -0.15) is 0 Å². The molecule has 3 atom stereocenters. The third-order valence-corrected chi connectivity index (χ3v) is 4.87. The van der Waals surface area contributed by atoms with Crippen LogP contribution in [-0.4, -0.2) is 62.4 Å². The molecule has 0 bridgehead atoms. The Kier molecular flexibility index (Phi) is 2.32. The molecule has 3 aliphatic rings. The first kappa shape index (κ1) is 10.9. The van der Waals surface area contributed by atoms with Crippen LogP contribution in [0.5, 0.6) is 0 Å². The maximum Gasteiger partial charge on any atom is 0.327 e. The number of carbonyl (C=O) groups is 3. The lowest BCUT2D eigenvalue weighted by Crippen LogP contribution is -2.60. The SMILES string of the molecule is O=C(O)[C@@H]1CSC2CN3C(=O)CC[C@@H]3C(=O)N21. The number of nitrogens with zero attached hydrogens (tertiary/aromatic N) is 2. The smallest absolute Gasteiger partial charge is 0.327 e. The molecule has 0 saturated carbocycles. The lowest BCUT2D eigenvalue weighted by Gasteiger charge is -2.40. The van der Waals surface area contributed by atoms with Crippen LogP contribution in [0, 0.1) is 0 Å². The van der Waals surface area contributed by atoms with Crippen LogP contribution in [0.3, 0.4) is 0 Å². The van der Waals surface area contributed by atoms with Gasteiger partial charge in [0, 0.05) is 12.2 Å². The van der Waals surface area contributed by atoms with Gasteiger partial charge in [-0.05, 0) is 6.42 Å². The van der Waals surface area contributed by atoms with E-state index in [9.17, 15) is 14.4 Å². The summed E-state index contributed by atoms with van der Waals surface area (Å²) in [6.07, 6.45) is 0.928. The van der Waals surface area contributed by atoms with Gasteiger partial charge in [0.15, 0.2) is 0 Å². The highest BCUT2D eigenvalue weighted by atomic mass is 32.2. The molecule has 17 heavy (non-hydrogen) atoms. The predicted molar refractivity (Wildman–Crippen MR) is 59.3 cm³/mol. The lowest BCUT2D eigenvalue weighted by atomic mass is 10.1. The fourth-order valence-electron chi connectivity index (χ4n) is 2.75. The Balaban J connectivity index is 1.89. The monoisotopic (exact) mass is 256 g/mol. The first-order valence-electron chi connectivity index (χ1n) is 5.55. The van der Waals surface area contributed by atoms with Crippen molar-refractivity contribution in [1.29, 1.82) is 0 Å². The van der Waals surface area contributed by atoms with Crippen molar-refractivity contribution in [2.75, 3.05) is 12.3 Å². The summed E-state index contributed by atoms with van der Waals surface area (Å²) in [6.45, 7) is 0.476. The Morgan fingerprint density at radius 2 is 2.18 bits per heavy atom. The second-order valence-electron chi connectivity index (χ2n) is 4.49. The number of carbonyl (C=O) groups excluding carboxylic acids is 2. The second-order valence-corrected chi connectivity index (χ2v) is 5.70. The van der Waals surface area contributed by atoms with Crippen molar-refractivity contribution >= 4 is 29.5 Å². The molecule has 0 radical (unpaired) electrons. The van der Waals surface area contributed by atoms with Gasteiger partial charge in [-0.3, -0.25) is 9.59 Å². The van der Waals surface area contributed by atoms with E-state index in [1.807, 2.05) is 0 Å². The number of thioether (sulfide) groups is 1. The van der Waals surface area contributed by atoms with Gasteiger partial charge >= 0.3 is 5.97 Å². The van der Waals surface area contributed by atoms with Gasteiger partial charge in [-0.15, -0.1) is 11.8 Å². The van der Waals surface area contributed by atoms with E-state index in [1.54, 1.807) is 4.90 Å². The lowest BCUT2D eigenvalue weighted by molar-refractivity contribution is -0.156. The number of carboxylic acid groups (broad SMARTS) is 1. The Morgan fingerprint density at radius 1 is 1.41 bits per heavy atom. The van der Waals surface area contributed by atoms with Crippen molar-refractivity contribution in [2.24, 2.45) is 0 Å². The number of hydrogen-bond donors (Lipinski definition) is 1. The van der Waals surface area contributed by atoms with Crippen LogP contribution in [-0.2, 0) is 14.4 Å². The molecule has 0 aliphatic carbocycles. The quantitative estimate of drug-likeness (QED) is 0.674. The zero-order chi connectivity index (χ0) is 12.2. The summed E-state index contributed by atoms with van der Waals surface area (Å²) < 4.78 is 0. The van der Waals surface area contributed by atoms with Gasteiger partial charge in [0.1, 0.15) is 12.1 Å². The number of amides is 2. The summed E-state index contributed by atoms with van der Waals surface area (Å²) in [6, 6.07) is -1.14. The standard InChI is InChI=1S/C10H12N2O4S/c13-7-2-1-5-9(14)12-6(10(15)16)4-17-8(12)3-11(5)7/h5-6,8H,1-4H2,(H,15,16)/t5-,6+,8?/m1/s1. The molecular weight excluding hydrogens is 244 g/mol. The Bertz CT molecular complexity index is 413. The van der Waals surface area contributed by atoms with Gasteiger partial charge in [0.2, 0.25) is 11.8 Å². The summed E-state index contributed by atoms with van der Waals surface area (Å²) in [7, 11) is 0. The van der Waals surface area contributed by atoms with E-state index in [2.05, 4.69) is 0 Å². The van der Waals surface area contributed by atoms with Crippen LogP contribution in [0.2, 0.25) is 0 Å². The van der Waals surface area contributed by atoms with E-state index in [4.69, 9.17) is 5.11 Å². The first-order chi connectivity index (χ1) is 8.09. The minimum absolute atomic E-state index is 0.0161. The van der Waals surface area contributed by atoms with Gasteiger partial charge < -0.3 is 14.9 Å². The number of piperazine rings is 1. The normalized spacial score (nSPS) is 36.1. The molecule has 1 N–H and O–H groups in total. The second kappa shape index (κ2) is 3.63. The number of fused-ring (bicyclic) bond motifs is 2. The van der Waals surface area contributed by atoms with Crippen molar-refractivity contribution in [1.82, 2.24) is 9.80 Å². The van der Waals surface area contributed by atoms with E-state index in [0.717, 1.165) is 0 Å². The van der Waals surface area contributed by atoms with Crippen molar-refractivity contribution in [3.05, 3.63) is 0 Å². The number of aliphatic carboxylic acids is 1. The van der Waals surface area contributed by atoms with Gasteiger partial charge in [-0.1, -0.05) is 0 Å². The maximum atomic E-state index is 12.2. The van der Waals surface area contributed by atoms with E-state index in [-0.39, 0.29) is 17.2 Å². The third-order valence-electron chi connectivity index (χ3n) is 3.60. The Labute approximate surface area is 102 Å². The average molecular weight is 256 g/mol. The molecule has 6 nitrogen and oxygen atoms in total. The maximum absolute atomic E-state index is 12.2. The Morgan fingerprint density at radius 3 is 2.88 bits per heavy atom. The molecule has 7 heteroatoms. The van der Waals surface area contributed by atoms with Gasteiger partial charge in [0.25, 0.3) is 0 Å². The molecule has 0 spiro atoms. The summed E-state index contributed by atoms with van der Waals surface area (Å²) in [5.74, 6) is -0.710. The molecule has 1 unspecified atom stereocenters. The number of hydrogen-bond acceptors (Lipinski definition) is 4. The highest BCUT2D eigenvalue weighted by molar-refractivity contribution is 8.00. The molecule has 3 heterocycles. The molecule has 0 aromatic heterocycles. The molecule has 3 rings (SSSR count). The average Bonchev–Trinajstić information content (AvgIpc) is 2.84. The largest absolute Gasteiger partial charge is 0.480 e. The molecule has 0 aromatic rings. The molecule has 3 fully saturated rings. The zero-order valence-electron chi connectivity index (χ0n) is 9.04. The van der Waals surface area contributed by atoms with Gasteiger partial charge in [0.05, 0.1) is 11.9 Å². The third kappa shape index (κ3) is 1.45. The fraction of sp³-hybridized carbons (Fsp3) is 0.700. The Hall–Kier alpha value is -1.24. The van der Waals surface area contributed by atoms with Crippen LogP contribution in [0.15, 0.2) is 0 Å². The summed E-state index contributed by atoms with van der Waals surface area (Å²) >= 11 is 1.45.